The summed E-state index contributed by atoms with van der Waals surface area (Å²) in [5.41, 5.74) is 12.3. The van der Waals surface area contributed by atoms with E-state index < -0.39 is 0 Å². The van der Waals surface area contributed by atoms with Crippen LogP contribution in [-0.2, 0) is 0 Å². The molecule has 0 radical (unpaired) electrons. The van der Waals surface area contributed by atoms with Crippen molar-refractivity contribution in [3.05, 3.63) is 200 Å². The van der Waals surface area contributed by atoms with E-state index in [-0.39, 0.29) is 0 Å². The van der Waals surface area contributed by atoms with Gasteiger partial charge in [-0.15, -0.1) is 11.3 Å². The predicted molar refractivity (Wildman–Crippen MR) is 235 cm³/mol. The summed E-state index contributed by atoms with van der Waals surface area (Å²) in [4.78, 5) is 2.34. The number of para-hydroxylation sites is 2. The average molecular weight is 720 g/mol. The van der Waals surface area contributed by atoms with Crippen LogP contribution in [0.5, 0.6) is 0 Å². The maximum atomic E-state index is 6.76. The normalized spacial score (nSPS) is 11.6. The van der Waals surface area contributed by atoms with Gasteiger partial charge in [0.2, 0.25) is 0 Å². The Kier molecular flexibility index (Phi) is 7.39. The Balaban J connectivity index is 1.01. The molecule has 258 valence electrons. The molecule has 0 aliphatic heterocycles. The molecule has 2 aromatic heterocycles. The summed E-state index contributed by atoms with van der Waals surface area (Å²) in [5, 5.41) is 7.19. The number of furan rings is 1. The minimum atomic E-state index is 0.922. The molecule has 55 heavy (non-hydrogen) atoms. The molecule has 0 N–H and O–H groups in total. The van der Waals surface area contributed by atoms with Crippen LogP contribution in [0.4, 0.5) is 17.1 Å². The monoisotopic (exact) mass is 719 g/mol. The number of hydrogen-bond donors (Lipinski definition) is 0. The van der Waals surface area contributed by atoms with Crippen LogP contribution in [0.2, 0.25) is 0 Å². The molecule has 0 spiro atoms. The molecule has 2 nitrogen and oxygen atoms in total. The summed E-state index contributed by atoms with van der Waals surface area (Å²) >= 11 is 1.86. The van der Waals surface area contributed by atoms with E-state index in [9.17, 15) is 0 Å². The first-order chi connectivity index (χ1) is 27.3. The first-order valence-corrected chi connectivity index (χ1v) is 19.5. The van der Waals surface area contributed by atoms with Crippen LogP contribution >= 0.6 is 11.3 Å². The highest BCUT2D eigenvalue weighted by Gasteiger charge is 2.19. The molecule has 0 aliphatic rings. The van der Waals surface area contributed by atoms with E-state index >= 15 is 0 Å². The molecule has 2 heterocycles. The van der Waals surface area contributed by atoms with Crippen LogP contribution in [0.25, 0.3) is 86.3 Å². The molecular formula is C52H33NOS. The number of fused-ring (bicyclic) bond motifs is 8. The molecule has 0 bridgehead atoms. The molecule has 0 amide bonds. The Hall–Kier alpha value is -6.94. The molecule has 11 aromatic rings. The number of anilines is 3. The van der Waals surface area contributed by atoms with Crippen molar-refractivity contribution in [2.75, 3.05) is 4.90 Å². The molecule has 0 saturated heterocycles. The summed E-state index contributed by atoms with van der Waals surface area (Å²) < 4.78 is 9.40. The van der Waals surface area contributed by atoms with Gasteiger partial charge in [0.15, 0.2) is 0 Å². The predicted octanol–water partition coefficient (Wildman–Crippen LogP) is 15.6. The minimum absolute atomic E-state index is 0.922. The summed E-state index contributed by atoms with van der Waals surface area (Å²) in [6.45, 7) is 0. The van der Waals surface area contributed by atoms with Crippen molar-refractivity contribution >= 4 is 81.3 Å². The number of nitrogens with zero attached hydrogens (tertiary/aromatic N) is 1. The first kappa shape index (κ1) is 31.6. The lowest BCUT2D eigenvalue weighted by Gasteiger charge is -2.26. The largest absolute Gasteiger partial charge is 0.455 e. The third-order valence-electron chi connectivity index (χ3n) is 10.9. The van der Waals surface area contributed by atoms with Gasteiger partial charge in [0.25, 0.3) is 0 Å². The fourth-order valence-corrected chi connectivity index (χ4v) is 9.46. The Morgan fingerprint density at radius 2 is 0.836 bits per heavy atom. The third-order valence-corrected chi connectivity index (χ3v) is 12.0. The van der Waals surface area contributed by atoms with Gasteiger partial charge in [0.1, 0.15) is 11.2 Å². The van der Waals surface area contributed by atoms with E-state index in [0.29, 0.717) is 0 Å². The lowest BCUT2D eigenvalue weighted by Crippen LogP contribution is -2.09. The van der Waals surface area contributed by atoms with Crippen molar-refractivity contribution in [1.82, 2.24) is 0 Å². The molecule has 3 heteroatoms. The fraction of sp³-hybridized carbons (Fsp3) is 0. The van der Waals surface area contributed by atoms with Crippen LogP contribution < -0.4 is 4.90 Å². The lowest BCUT2D eigenvalue weighted by molar-refractivity contribution is 0.674. The summed E-state index contributed by atoms with van der Waals surface area (Å²) in [7, 11) is 0. The highest BCUT2D eigenvalue weighted by Crippen LogP contribution is 2.44. The third kappa shape index (κ3) is 5.24. The second kappa shape index (κ2) is 12.9. The summed E-state index contributed by atoms with van der Waals surface area (Å²) in [6, 6.07) is 72.0. The van der Waals surface area contributed by atoms with E-state index in [1.807, 2.05) is 11.3 Å². The zero-order valence-corrected chi connectivity index (χ0v) is 30.6. The summed E-state index contributed by atoms with van der Waals surface area (Å²) in [6.07, 6.45) is 0. The number of benzene rings is 9. The van der Waals surface area contributed by atoms with Crippen LogP contribution in [0.15, 0.2) is 205 Å². The van der Waals surface area contributed by atoms with Gasteiger partial charge in [-0.1, -0.05) is 146 Å². The quantitative estimate of drug-likeness (QED) is 0.170. The van der Waals surface area contributed by atoms with E-state index in [2.05, 4.69) is 205 Å². The minimum Gasteiger partial charge on any atom is -0.455 e. The van der Waals surface area contributed by atoms with E-state index in [1.165, 1.54) is 42.2 Å². The fourth-order valence-electron chi connectivity index (χ4n) is 8.32. The van der Waals surface area contributed by atoms with Crippen molar-refractivity contribution < 1.29 is 4.42 Å². The molecule has 0 fully saturated rings. The molecule has 9 aromatic carbocycles. The van der Waals surface area contributed by atoms with Gasteiger partial charge in [-0.05, 0) is 87.8 Å². The van der Waals surface area contributed by atoms with Gasteiger partial charge >= 0.3 is 0 Å². The maximum Gasteiger partial charge on any atom is 0.143 e. The molecular weight excluding hydrogens is 687 g/mol. The highest BCUT2D eigenvalue weighted by atomic mass is 32.1. The standard InChI is InChI=1S/C52H33NOS/c1-3-13-34(14-4-1)41-21-11-22-44-47-33-46(42-17-7-8-18-43(42)52(47)54-51(41)44)36-27-31-39(32-28-36)53(37-15-5-2-6-16-37)38-29-25-35(26-30-38)40-20-12-24-49-50(40)45-19-9-10-23-48(45)55-49/h1-33H. The van der Waals surface area contributed by atoms with Crippen molar-refractivity contribution in [3.63, 3.8) is 0 Å². The van der Waals surface area contributed by atoms with Gasteiger partial charge in [-0.3, -0.25) is 0 Å². The Morgan fingerprint density at radius 1 is 0.327 bits per heavy atom. The average Bonchev–Trinajstić information content (AvgIpc) is 3.84. The first-order valence-electron chi connectivity index (χ1n) is 18.7. The van der Waals surface area contributed by atoms with Gasteiger partial charge in [-0.2, -0.15) is 0 Å². The lowest BCUT2D eigenvalue weighted by atomic mass is 9.94. The zero-order chi connectivity index (χ0) is 36.3. The molecule has 0 saturated carbocycles. The second-order valence-corrected chi connectivity index (χ2v) is 15.1. The SMILES string of the molecule is c1ccc(-c2cccc3c2oc2c4ccccc4c(-c4ccc(N(c5ccccc5)c5ccc(-c6cccc7sc8ccccc8c67)cc5)cc4)cc32)cc1. The van der Waals surface area contributed by atoms with Crippen LogP contribution in [0.3, 0.4) is 0 Å². The molecule has 0 unspecified atom stereocenters. The summed E-state index contributed by atoms with van der Waals surface area (Å²) in [5.74, 6) is 0. The van der Waals surface area contributed by atoms with E-state index in [4.69, 9.17) is 4.42 Å². The maximum absolute atomic E-state index is 6.76. The second-order valence-electron chi connectivity index (χ2n) is 14.0. The van der Waals surface area contributed by atoms with Gasteiger partial charge < -0.3 is 9.32 Å². The van der Waals surface area contributed by atoms with Gasteiger partial charge in [0.05, 0.1) is 0 Å². The molecule has 0 aliphatic carbocycles. The molecule has 11 rings (SSSR count). The topological polar surface area (TPSA) is 16.4 Å². The Morgan fingerprint density at radius 3 is 1.58 bits per heavy atom. The van der Waals surface area contributed by atoms with Crippen LogP contribution in [0.1, 0.15) is 0 Å². The van der Waals surface area contributed by atoms with Gasteiger partial charge in [0, 0.05) is 59.0 Å². The van der Waals surface area contributed by atoms with E-state index in [1.54, 1.807) is 0 Å². The van der Waals surface area contributed by atoms with Crippen LogP contribution in [0, 0.1) is 0 Å². The van der Waals surface area contributed by atoms with Crippen molar-refractivity contribution in [2.24, 2.45) is 0 Å². The highest BCUT2D eigenvalue weighted by molar-refractivity contribution is 7.25. The molecule has 0 atom stereocenters. The number of thiophene rings is 1. The van der Waals surface area contributed by atoms with Crippen molar-refractivity contribution in [1.29, 1.82) is 0 Å². The Bertz CT molecular complexity index is 3180. The number of hydrogen-bond acceptors (Lipinski definition) is 3. The smallest absolute Gasteiger partial charge is 0.143 e. The van der Waals surface area contributed by atoms with Crippen LogP contribution in [-0.4, -0.2) is 0 Å². The van der Waals surface area contributed by atoms with Crippen molar-refractivity contribution in [3.8, 4) is 33.4 Å². The van der Waals surface area contributed by atoms with E-state index in [0.717, 1.165) is 61.1 Å². The zero-order valence-electron chi connectivity index (χ0n) is 29.8. The number of rotatable bonds is 6. The van der Waals surface area contributed by atoms with Crippen molar-refractivity contribution in [2.45, 2.75) is 0 Å². The Labute approximate surface area is 322 Å². The van der Waals surface area contributed by atoms with Gasteiger partial charge in [-0.25, -0.2) is 0 Å².